The van der Waals surface area contributed by atoms with Crippen LogP contribution >= 0.6 is 0 Å². The molecule has 0 aromatic rings. The van der Waals surface area contributed by atoms with Crippen LogP contribution in [-0.2, 0) is 14.3 Å². The van der Waals surface area contributed by atoms with Crippen LogP contribution in [0.3, 0.4) is 0 Å². The third-order valence-corrected chi connectivity index (χ3v) is 4.51. The van der Waals surface area contributed by atoms with Gasteiger partial charge in [0, 0.05) is 6.61 Å². The van der Waals surface area contributed by atoms with Crippen LogP contribution in [0.4, 0.5) is 0 Å². The van der Waals surface area contributed by atoms with E-state index >= 15 is 0 Å². The first-order valence-electron chi connectivity index (χ1n) is 7.78. The van der Waals surface area contributed by atoms with Crippen LogP contribution < -0.4 is 5.32 Å². The predicted molar refractivity (Wildman–Crippen MR) is 74.0 cm³/mol. The highest BCUT2D eigenvalue weighted by Gasteiger charge is 2.50. The Morgan fingerprint density at radius 1 is 1.30 bits per heavy atom. The van der Waals surface area contributed by atoms with Crippen molar-refractivity contribution >= 4 is 11.8 Å². The topological polar surface area (TPSA) is 58.6 Å². The molecule has 0 radical (unpaired) electrons. The van der Waals surface area contributed by atoms with Gasteiger partial charge in [-0.1, -0.05) is 13.8 Å². The lowest BCUT2D eigenvalue weighted by atomic mass is 9.95. The minimum absolute atomic E-state index is 0.0460. The van der Waals surface area contributed by atoms with E-state index in [-0.39, 0.29) is 29.9 Å². The van der Waals surface area contributed by atoms with Gasteiger partial charge in [0.25, 0.3) is 0 Å². The van der Waals surface area contributed by atoms with Crippen LogP contribution in [0.2, 0.25) is 0 Å². The highest BCUT2D eigenvalue weighted by atomic mass is 16.5. The minimum Gasteiger partial charge on any atom is -0.379 e. The second-order valence-corrected chi connectivity index (χ2v) is 6.74. The fraction of sp³-hybridized carbons (Fsp3) is 0.867. The Hall–Kier alpha value is -1.10. The van der Waals surface area contributed by atoms with Gasteiger partial charge in [-0.25, -0.2) is 0 Å². The summed E-state index contributed by atoms with van der Waals surface area (Å²) in [5.74, 6) is 0.901. The largest absolute Gasteiger partial charge is 0.379 e. The van der Waals surface area contributed by atoms with E-state index < -0.39 is 0 Å². The molecule has 20 heavy (non-hydrogen) atoms. The monoisotopic (exact) mass is 280 g/mol. The average Bonchev–Trinajstić information content (AvgIpc) is 3.07. The molecule has 112 valence electrons. The van der Waals surface area contributed by atoms with Gasteiger partial charge >= 0.3 is 0 Å². The van der Waals surface area contributed by atoms with Gasteiger partial charge in [0.15, 0.2) is 0 Å². The van der Waals surface area contributed by atoms with Crippen molar-refractivity contribution in [3.63, 3.8) is 0 Å². The quantitative estimate of drug-likeness (QED) is 0.833. The summed E-state index contributed by atoms with van der Waals surface area (Å²) in [5, 5.41) is 2.95. The minimum atomic E-state index is -0.349. The number of amides is 2. The first-order valence-corrected chi connectivity index (χ1v) is 7.78. The Bertz CT molecular complexity index is 400. The lowest BCUT2D eigenvalue weighted by Crippen LogP contribution is -2.66. The third-order valence-electron chi connectivity index (χ3n) is 4.51. The maximum atomic E-state index is 12.8. The Labute approximate surface area is 120 Å². The predicted octanol–water partition coefficient (Wildman–Crippen LogP) is 0.927. The molecule has 2 aliphatic heterocycles. The first kappa shape index (κ1) is 13.9. The highest BCUT2D eigenvalue weighted by Crippen LogP contribution is 2.39. The third kappa shape index (κ3) is 2.55. The van der Waals surface area contributed by atoms with Crippen molar-refractivity contribution in [2.75, 3.05) is 13.2 Å². The van der Waals surface area contributed by atoms with Gasteiger partial charge in [0.05, 0.1) is 12.6 Å². The molecule has 3 aliphatic rings. The number of piperazine rings is 1. The number of nitrogens with one attached hydrogen (secondary N) is 1. The van der Waals surface area contributed by atoms with Crippen molar-refractivity contribution in [3.05, 3.63) is 0 Å². The molecule has 5 nitrogen and oxygen atoms in total. The summed E-state index contributed by atoms with van der Waals surface area (Å²) in [6.07, 6.45) is 3.69. The molecule has 1 saturated carbocycles. The van der Waals surface area contributed by atoms with Crippen molar-refractivity contribution < 1.29 is 14.3 Å². The molecule has 1 N–H and O–H groups in total. The molecule has 3 fully saturated rings. The van der Waals surface area contributed by atoms with Gasteiger partial charge in [-0.05, 0) is 37.5 Å². The highest BCUT2D eigenvalue weighted by molar-refractivity contribution is 5.97. The lowest BCUT2D eigenvalue weighted by molar-refractivity contribution is -0.153. The summed E-state index contributed by atoms with van der Waals surface area (Å²) in [6, 6.07) is -0.510. The smallest absolute Gasteiger partial charge is 0.246 e. The Morgan fingerprint density at radius 3 is 2.60 bits per heavy atom. The van der Waals surface area contributed by atoms with E-state index in [1.54, 1.807) is 0 Å². The lowest BCUT2D eigenvalue weighted by Gasteiger charge is -2.42. The molecular formula is C15H24N2O3. The number of rotatable bonds is 4. The molecule has 0 spiro atoms. The summed E-state index contributed by atoms with van der Waals surface area (Å²) >= 11 is 0. The zero-order chi connectivity index (χ0) is 14.3. The number of hydrogen-bond acceptors (Lipinski definition) is 3. The van der Waals surface area contributed by atoms with E-state index in [9.17, 15) is 9.59 Å². The Kier molecular flexibility index (Phi) is 3.71. The van der Waals surface area contributed by atoms with Gasteiger partial charge < -0.3 is 15.0 Å². The van der Waals surface area contributed by atoms with Gasteiger partial charge in [0.2, 0.25) is 11.8 Å². The molecule has 2 heterocycles. The molecule has 2 saturated heterocycles. The van der Waals surface area contributed by atoms with E-state index in [2.05, 4.69) is 19.2 Å². The van der Waals surface area contributed by atoms with E-state index in [0.29, 0.717) is 31.5 Å². The number of ether oxygens (including phenoxy) is 1. The number of nitrogens with zero attached hydrogens (tertiary/aromatic N) is 1. The molecule has 3 unspecified atom stereocenters. The fourth-order valence-corrected chi connectivity index (χ4v) is 3.40. The molecule has 3 atom stereocenters. The van der Waals surface area contributed by atoms with E-state index in [1.807, 2.05) is 4.90 Å². The standard InChI is InChI=1S/C15H24N2O3/c1-9(2)7-12-15(19)17(11-5-6-20-8-11)13(10-3-4-10)14(18)16-12/h9-13H,3-8H2,1-2H3,(H,16,18). The van der Waals surface area contributed by atoms with Crippen molar-refractivity contribution in [3.8, 4) is 0 Å². The summed E-state index contributed by atoms with van der Waals surface area (Å²) in [4.78, 5) is 27.1. The summed E-state index contributed by atoms with van der Waals surface area (Å²) < 4.78 is 5.43. The van der Waals surface area contributed by atoms with Crippen LogP contribution in [0.15, 0.2) is 0 Å². The van der Waals surface area contributed by atoms with Gasteiger partial charge in [0.1, 0.15) is 12.1 Å². The van der Waals surface area contributed by atoms with Crippen LogP contribution in [0.25, 0.3) is 0 Å². The van der Waals surface area contributed by atoms with Crippen LogP contribution in [0.1, 0.15) is 39.5 Å². The zero-order valence-electron chi connectivity index (χ0n) is 12.3. The summed E-state index contributed by atoms with van der Waals surface area (Å²) in [5.41, 5.74) is 0. The second-order valence-electron chi connectivity index (χ2n) is 6.74. The van der Waals surface area contributed by atoms with Crippen LogP contribution in [0, 0.1) is 11.8 Å². The SMILES string of the molecule is CC(C)CC1NC(=O)C(C2CC2)N(C2CCOC2)C1=O. The van der Waals surface area contributed by atoms with Gasteiger partial charge in [-0.3, -0.25) is 9.59 Å². The molecule has 0 aromatic heterocycles. The van der Waals surface area contributed by atoms with Gasteiger partial charge in [-0.15, -0.1) is 0 Å². The van der Waals surface area contributed by atoms with Crippen molar-refractivity contribution in [2.24, 2.45) is 11.8 Å². The zero-order valence-corrected chi connectivity index (χ0v) is 12.3. The maximum Gasteiger partial charge on any atom is 0.246 e. The van der Waals surface area contributed by atoms with Crippen molar-refractivity contribution in [2.45, 2.75) is 57.7 Å². The molecule has 0 bridgehead atoms. The summed E-state index contributed by atoms with van der Waals surface area (Å²) in [7, 11) is 0. The molecule has 3 rings (SSSR count). The average molecular weight is 280 g/mol. The van der Waals surface area contributed by atoms with E-state index in [1.165, 1.54) is 0 Å². The number of carbonyl (C=O) groups excluding carboxylic acids is 2. The van der Waals surface area contributed by atoms with Crippen molar-refractivity contribution in [1.29, 1.82) is 0 Å². The molecule has 0 aromatic carbocycles. The fourth-order valence-electron chi connectivity index (χ4n) is 3.40. The molecule has 1 aliphatic carbocycles. The first-order chi connectivity index (χ1) is 9.58. The number of hydrogen-bond donors (Lipinski definition) is 1. The van der Waals surface area contributed by atoms with E-state index in [4.69, 9.17) is 4.74 Å². The molecular weight excluding hydrogens is 256 g/mol. The second kappa shape index (κ2) is 5.35. The molecule has 2 amide bonds. The Balaban J connectivity index is 1.82. The molecule has 5 heteroatoms. The van der Waals surface area contributed by atoms with Crippen LogP contribution in [0.5, 0.6) is 0 Å². The van der Waals surface area contributed by atoms with Gasteiger partial charge in [-0.2, -0.15) is 0 Å². The normalized spacial score (nSPS) is 34.8. The Morgan fingerprint density at radius 2 is 2.05 bits per heavy atom. The maximum absolute atomic E-state index is 12.8. The van der Waals surface area contributed by atoms with E-state index in [0.717, 1.165) is 19.3 Å². The van der Waals surface area contributed by atoms with Crippen LogP contribution in [-0.4, -0.2) is 48.1 Å². The number of carbonyl (C=O) groups is 2. The summed E-state index contributed by atoms with van der Waals surface area (Å²) in [6.45, 7) is 5.43. The van der Waals surface area contributed by atoms with Crippen molar-refractivity contribution in [1.82, 2.24) is 10.2 Å².